The molecular formula is C22H19N3O6. The predicted molar refractivity (Wildman–Crippen MR) is 110 cm³/mol. The second kappa shape index (κ2) is 9.00. The van der Waals surface area contributed by atoms with Crippen LogP contribution in [0.1, 0.15) is 24.0 Å². The maximum Gasteiger partial charge on any atom is 0.338 e. The minimum atomic E-state index is -0.891. The molecule has 0 amide bonds. The molecule has 1 unspecified atom stereocenters. The van der Waals surface area contributed by atoms with Crippen LogP contribution >= 0.6 is 0 Å². The number of allylic oxidation sites excluding steroid dienone is 1. The number of nitro benzene ring substituents is 1. The Kier molecular flexibility index (Phi) is 6.21. The van der Waals surface area contributed by atoms with Gasteiger partial charge in [-0.05, 0) is 24.6 Å². The molecule has 9 heteroatoms. The molecule has 2 aromatic rings. The third-order valence-corrected chi connectivity index (χ3v) is 4.68. The number of nitriles is 1. The highest BCUT2D eigenvalue weighted by atomic mass is 16.6. The number of nitro groups is 1. The van der Waals surface area contributed by atoms with Crippen LogP contribution < -0.4 is 10.5 Å². The molecule has 158 valence electrons. The number of carbonyl (C=O) groups excluding carboxylic acids is 1. The Morgan fingerprint density at radius 1 is 1.29 bits per heavy atom. The lowest BCUT2D eigenvalue weighted by molar-refractivity contribution is -0.384. The van der Waals surface area contributed by atoms with Crippen LogP contribution in [-0.2, 0) is 14.3 Å². The molecule has 0 aromatic heterocycles. The van der Waals surface area contributed by atoms with Crippen molar-refractivity contribution >= 4 is 17.4 Å². The van der Waals surface area contributed by atoms with E-state index in [2.05, 4.69) is 0 Å². The third kappa shape index (κ3) is 4.18. The average molecular weight is 421 g/mol. The number of benzene rings is 2. The topological polar surface area (TPSA) is 138 Å². The quantitative estimate of drug-likeness (QED) is 0.425. The van der Waals surface area contributed by atoms with Gasteiger partial charge in [-0.25, -0.2) is 4.79 Å². The first-order chi connectivity index (χ1) is 14.9. The van der Waals surface area contributed by atoms with Gasteiger partial charge in [-0.1, -0.05) is 24.3 Å². The molecule has 0 spiro atoms. The van der Waals surface area contributed by atoms with E-state index in [4.69, 9.17) is 19.9 Å². The molecule has 0 bridgehead atoms. The van der Waals surface area contributed by atoms with E-state index in [9.17, 15) is 20.2 Å². The largest absolute Gasteiger partial charge is 0.497 e. The van der Waals surface area contributed by atoms with E-state index in [1.54, 1.807) is 37.3 Å². The maximum absolute atomic E-state index is 13.0. The van der Waals surface area contributed by atoms with Crippen LogP contribution in [0.3, 0.4) is 0 Å². The van der Waals surface area contributed by atoms with Crippen LogP contribution in [0.4, 0.5) is 5.69 Å². The van der Waals surface area contributed by atoms with Crippen molar-refractivity contribution in [1.82, 2.24) is 0 Å². The van der Waals surface area contributed by atoms with Crippen molar-refractivity contribution in [3.63, 3.8) is 0 Å². The number of esters is 1. The van der Waals surface area contributed by atoms with Crippen molar-refractivity contribution in [3.8, 4) is 11.8 Å². The summed E-state index contributed by atoms with van der Waals surface area (Å²) < 4.78 is 16.1. The van der Waals surface area contributed by atoms with Crippen LogP contribution in [0.2, 0.25) is 0 Å². The van der Waals surface area contributed by atoms with Gasteiger partial charge in [0.1, 0.15) is 23.2 Å². The number of nitrogens with two attached hydrogens (primary N) is 1. The Bertz CT molecular complexity index is 1130. The van der Waals surface area contributed by atoms with E-state index in [0.29, 0.717) is 11.3 Å². The Labute approximate surface area is 178 Å². The molecule has 2 N–H and O–H groups in total. The number of hydrogen-bond acceptors (Lipinski definition) is 8. The van der Waals surface area contributed by atoms with Crippen LogP contribution in [0, 0.1) is 21.4 Å². The Morgan fingerprint density at radius 3 is 2.58 bits per heavy atom. The number of methoxy groups -OCH3 is 1. The Hall–Kier alpha value is -4.32. The van der Waals surface area contributed by atoms with E-state index in [0.717, 1.165) is 0 Å². The molecule has 0 radical (unpaired) electrons. The fourth-order valence-electron chi connectivity index (χ4n) is 3.28. The summed E-state index contributed by atoms with van der Waals surface area (Å²) >= 11 is 0. The van der Waals surface area contributed by atoms with Gasteiger partial charge in [0.05, 0.1) is 30.1 Å². The van der Waals surface area contributed by atoms with Gasteiger partial charge in [0.15, 0.2) is 0 Å². The lowest BCUT2D eigenvalue weighted by Gasteiger charge is -2.28. The molecule has 0 saturated carbocycles. The smallest absolute Gasteiger partial charge is 0.338 e. The van der Waals surface area contributed by atoms with Crippen LogP contribution in [-0.4, -0.2) is 24.6 Å². The molecule has 3 rings (SSSR count). The molecule has 1 aliphatic heterocycles. The summed E-state index contributed by atoms with van der Waals surface area (Å²) in [6.45, 7) is 1.73. The fourth-order valence-corrected chi connectivity index (χ4v) is 3.28. The normalized spacial score (nSPS) is 15.7. The lowest BCUT2D eigenvalue weighted by Crippen LogP contribution is -2.25. The van der Waals surface area contributed by atoms with Gasteiger partial charge in [-0.15, -0.1) is 0 Å². The second-order valence-corrected chi connectivity index (χ2v) is 6.47. The summed E-state index contributed by atoms with van der Waals surface area (Å²) in [7, 11) is 1.52. The van der Waals surface area contributed by atoms with Gasteiger partial charge >= 0.3 is 5.97 Å². The van der Waals surface area contributed by atoms with Crippen LogP contribution in [0.5, 0.6) is 5.75 Å². The molecule has 0 fully saturated rings. The number of non-ortho nitro benzene ring substituents is 1. The minimum absolute atomic E-state index is 0.000493. The SMILES string of the molecule is CCOC(=O)C1=C(c2cccc([N+](=O)[O-])c2)OC(N)=C(C#N)C1c1ccc(OC)cc1. The average Bonchev–Trinajstić information content (AvgIpc) is 2.78. The summed E-state index contributed by atoms with van der Waals surface area (Å²) in [5.74, 6) is -1.22. The highest BCUT2D eigenvalue weighted by Crippen LogP contribution is 2.43. The van der Waals surface area contributed by atoms with Gasteiger partial charge in [0, 0.05) is 17.7 Å². The minimum Gasteiger partial charge on any atom is -0.497 e. The molecular weight excluding hydrogens is 402 g/mol. The molecule has 2 aromatic carbocycles. The van der Waals surface area contributed by atoms with E-state index >= 15 is 0 Å². The van der Waals surface area contributed by atoms with E-state index in [-0.39, 0.29) is 40.6 Å². The molecule has 31 heavy (non-hydrogen) atoms. The summed E-state index contributed by atoms with van der Waals surface area (Å²) in [5.41, 5.74) is 6.73. The van der Waals surface area contributed by atoms with E-state index in [1.807, 2.05) is 6.07 Å². The summed E-state index contributed by atoms with van der Waals surface area (Å²) in [6.07, 6.45) is 0. The second-order valence-electron chi connectivity index (χ2n) is 6.47. The highest BCUT2D eigenvalue weighted by Gasteiger charge is 2.38. The van der Waals surface area contributed by atoms with Gasteiger partial charge in [-0.3, -0.25) is 10.1 Å². The highest BCUT2D eigenvalue weighted by molar-refractivity contribution is 6.00. The third-order valence-electron chi connectivity index (χ3n) is 4.68. The van der Waals surface area contributed by atoms with E-state index in [1.165, 1.54) is 25.3 Å². The zero-order chi connectivity index (χ0) is 22.5. The summed E-state index contributed by atoms with van der Waals surface area (Å²) in [4.78, 5) is 23.7. The first kappa shape index (κ1) is 21.4. The molecule has 1 heterocycles. The summed E-state index contributed by atoms with van der Waals surface area (Å²) in [5, 5.41) is 21.0. The summed E-state index contributed by atoms with van der Waals surface area (Å²) in [6, 6.07) is 14.4. The first-order valence-corrected chi connectivity index (χ1v) is 9.28. The predicted octanol–water partition coefficient (Wildman–Crippen LogP) is 3.39. The van der Waals surface area contributed by atoms with Crippen molar-refractivity contribution in [1.29, 1.82) is 5.26 Å². The van der Waals surface area contributed by atoms with Crippen molar-refractivity contribution in [2.24, 2.45) is 5.73 Å². The standard InChI is InChI=1S/C22H19N3O6/c1-3-30-22(26)19-18(13-7-9-16(29-2)10-8-13)17(12-23)21(24)31-20(19)14-5-4-6-15(11-14)25(27)28/h4-11,18H,3,24H2,1-2H3. The molecule has 1 aliphatic rings. The molecule has 0 aliphatic carbocycles. The van der Waals surface area contributed by atoms with Crippen molar-refractivity contribution in [2.75, 3.05) is 13.7 Å². The lowest BCUT2D eigenvalue weighted by atomic mass is 9.82. The van der Waals surface area contributed by atoms with Crippen LogP contribution in [0.15, 0.2) is 65.6 Å². The monoisotopic (exact) mass is 421 g/mol. The number of carbonyl (C=O) groups is 1. The fraction of sp³-hybridized carbons (Fsp3) is 0.182. The van der Waals surface area contributed by atoms with Gasteiger partial charge in [-0.2, -0.15) is 5.26 Å². The molecule has 1 atom stereocenters. The Balaban J connectivity index is 2.28. The number of ether oxygens (including phenoxy) is 3. The number of hydrogen-bond donors (Lipinski definition) is 1. The van der Waals surface area contributed by atoms with E-state index < -0.39 is 16.8 Å². The van der Waals surface area contributed by atoms with Crippen molar-refractivity contribution in [3.05, 3.63) is 86.8 Å². The van der Waals surface area contributed by atoms with Crippen LogP contribution in [0.25, 0.3) is 5.76 Å². The number of rotatable bonds is 6. The zero-order valence-electron chi connectivity index (χ0n) is 16.8. The van der Waals surface area contributed by atoms with Crippen molar-refractivity contribution < 1.29 is 23.9 Å². The molecule has 0 saturated heterocycles. The van der Waals surface area contributed by atoms with Crippen molar-refractivity contribution in [2.45, 2.75) is 12.8 Å². The van der Waals surface area contributed by atoms with Gasteiger partial charge in [0.2, 0.25) is 5.88 Å². The maximum atomic E-state index is 13.0. The van der Waals surface area contributed by atoms with Gasteiger partial charge < -0.3 is 19.9 Å². The number of nitrogens with zero attached hydrogens (tertiary/aromatic N) is 2. The molecule has 9 nitrogen and oxygen atoms in total. The van der Waals surface area contributed by atoms with Gasteiger partial charge in [0.25, 0.3) is 5.69 Å². The zero-order valence-corrected chi connectivity index (χ0v) is 16.8. The Morgan fingerprint density at radius 2 is 2.00 bits per heavy atom. The first-order valence-electron chi connectivity index (χ1n) is 9.28.